The van der Waals surface area contributed by atoms with Crippen molar-refractivity contribution in [1.29, 1.82) is 0 Å². The topological polar surface area (TPSA) is 84.3 Å². The van der Waals surface area contributed by atoms with E-state index in [4.69, 9.17) is 14.8 Å². The molecule has 0 unspecified atom stereocenters. The van der Waals surface area contributed by atoms with E-state index in [1.807, 2.05) is 18.4 Å². The molecule has 0 bridgehead atoms. The zero-order valence-electron chi connectivity index (χ0n) is 15.0. The first-order chi connectivity index (χ1) is 13.0. The van der Waals surface area contributed by atoms with Crippen LogP contribution in [0.3, 0.4) is 0 Å². The highest BCUT2D eigenvalue weighted by Crippen LogP contribution is 2.31. The molecule has 0 spiro atoms. The van der Waals surface area contributed by atoms with Gasteiger partial charge in [-0.3, -0.25) is 0 Å². The predicted octanol–water partition coefficient (Wildman–Crippen LogP) is 4.69. The fourth-order valence-electron chi connectivity index (χ4n) is 2.57. The summed E-state index contributed by atoms with van der Waals surface area (Å²) in [6.45, 7) is 5.75. The highest BCUT2D eigenvalue weighted by molar-refractivity contribution is 7.13. The molecule has 138 valence electrons. The Labute approximate surface area is 161 Å². The van der Waals surface area contributed by atoms with Gasteiger partial charge in [0, 0.05) is 28.4 Å². The van der Waals surface area contributed by atoms with Gasteiger partial charge in [-0.25, -0.2) is 14.8 Å². The third kappa shape index (κ3) is 4.15. The molecule has 2 N–H and O–H groups in total. The highest BCUT2D eigenvalue weighted by atomic mass is 32.1. The monoisotopic (exact) mass is 381 g/mol. The summed E-state index contributed by atoms with van der Waals surface area (Å²) >= 11 is 1.51. The molecular weight excluding hydrogens is 362 g/mol. The lowest BCUT2D eigenvalue weighted by atomic mass is 10.1. The number of nitrogens with one attached hydrogen (secondary N) is 1. The van der Waals surface area contributed by atoms with Crippen LogP contribution in [-0.2, 0) is 6.42 Å². The van der Waals surface area contributed by atoms with E-state index < -0.39 is 5.97 Å². The molecule has 0 fully saturated rings. The molecule has 0 saturated carbocycles. The summed E-state index contributed by atoms with van der Waals surface area (Å²) in [7, 11) is 1.62. The molecule has 0 saturated heterocycles. The number of anilines is 2. The van der Waals surface area contributed by atoms with E-state index in [1.165, 1.54) is 11.3 Å². The summed E-state index contributed by atoms with van der Waals surface area (Å²) in [4.78, 5) is 21.2. The van der Waals surface area contributed by atoms with E-state index in [-0.39, 0.29) is 5.56 Å². The van der Waals surface area contributed by atoms with Gasteiger partial charge in [-0.15, -0.1) is 17.9 Å². The molecule has 3 rings (SSSR count). The molecular formula is C20H19N3O3S. The zero-order chi connectivity index (χ0) is 19.4. The van der Waals surface area contributed by atoms with Gasteiger partial charge in [0.15, 0.2) is 5.82 Å². The Bertz CT molecular complexity index is 981. The number of allylic oxidation sites excluding steroid dienone is 1. The van der Waals surface area contributed by atoms with Gasteiger partial charge in [-0.2, -0.15) is 0 Å². The zero-order valence-corrected chi connectivity index (χ0v) is 15.8. The largest absolute Gasteiger partial charge is 0.496 e. The van der Waals surface area contributed by atoms with Crippen LogP contribution in [-0.4, -0.2) is 28.2 Å². The van der Waals surface area contributed by atoms with Crippen LogP contribution in [0, 0.1) is 6.92 Å². The molecule has 27 heavy (non-hydrogen) atoms. The number of hydrogen-bond donors (Lipinski definition) is 2. The minimum Gasteiger partial charge on any atom is -0.496 e. The van der Waals surface area contributed by atoms with Gasteiger partial charge < -0.3 is 15.2 Å². The Morgan fingerprint density at radius 1 is 1.33 bits per heavy atom. The Balaban J connectivity index is 2.00. The summed E-state index contributed by atoms with van der Waals surface area (Å²) < 4.78 is 5.24. The number of hydrogen-bond acceptors (Lipinski definition) is 6. The summed E-state index contributed by atoms with van der Waals surface area (Å²) in [6.07, 6.45) is 2.42. The molecule has 2 heterocycles. The van der Waals surface area contributed by atoms with E-state index in [2.05, 4.69) is 16.9 Å². The van der Waals surface area contributed by atoms with Gasteiger partial charge in [-0.1, -0.05) is 6.08 Å². The Morgan fingerprint density at radius 2 is 2.07 bits per heavy atom. The van der Waals surface area contributed by atoms with Crippen LogP contribution in [0.15, 0.2) is 48.4 Å². The fraction of sp³-hybridized carbons (Fsp3) is 0.150. The molecule has 0 aliphatic heterocycles. The first-order valence-electron chi connectivity index (χ1n) is 8.23. The summed E-state index contributed by atoms with van der Waals surface area (Å²) in [5.41, 5.74) is 2.78. The van der Waals surface area contributed by atoms with Crippen LogP contribution < -0.4 is 10.1 Å². The number of carboxylic acids is 1. The normalized spacial score (nSPS) is 10.4. The van der Waals surface area contributed by atoms with Crippen molar-refractivity contribution in [3.05, 3.63) is 65.2 Å². The number of thiophene rings is 1. The van der Waals surface area contributed by atoms with Gasteiger partial charge in [0.1, 0.15) is 11.6 Å². The summed E-state index contributed by atoms with van der Waals surface area (Å²) in [6, 6.07) is 8.44. The first-order valence-corrected chi connectivity index (χ1v) is 9.11. The van der Waals surface area contributed by atoms with Crippen molar-refractivity contribution >= 4 is 28.8 Å². The molecule has 2 aromatic heterocycles. The smallest absolute Gasteiger partial charge is 0.335 e. The third-order valence-corrected chi connectivity index (χ3v) is 4.89. The molecule has 7 heteroatoms. The summed E-state index contributed by atoms with van der Waals surface area (Å²) in [5, 5.41) is 14.2. The molecule has 1 aromatic carbocycles. The molecule has 0 amide bonds. The second-order valence-electron chi connectivity index (χ2n) is 5.81. The predicted molar refractivity (Wildman–Crippen MR) is 107 cm³/mol. The number of ether oxygens (including phenoxy) is 1. The summed E-state index contributed by atoms with van der Waals surface area (Å²) in [5.74, 6) is 1.09. The first kappa shape index (κ1) is 18.6. The second-order valence-corrected chi connectivity index (χ2v) is 6.72. The number of aromatic carboxylic acids is 1. The average molecular weight is 381 g/mol. The van der Waals surface area contributed by atoms with Crippen molar-refractivity contribution in [2.45, 2.75) is 13.3 Å². The minimum absolute atomic E-state index is 0.233. The highest BCUT2D eigenvalue weighted by Gasteiger charge is 2.14. The van der Waals surface area contributed by atoms with Crippen molar-refractivity contribution in [3.8, 4) is 16.5 Å². The van der Waals surface area contributed by atoms with Crippen LogP contribution >= 0.6 is 11.3 Å². The van der Waals surface area contributed by atoms with Gasteiger partial charge >= 0.3 is 5.97 Å². The maximum atomic E-state index is 11.0. The Kier molecular flexibility index (Phi) is 5.52. The molecule has 0 atom stereocenters. The van der Waals surface area contributed by atoms with Crippen LogP contribution in [0.4, 0.5) is 11.5 Å². The van der Waals surface area contributed by atoms with E-state index >= 15 is 0 Å². The Hall–Kier alpha value is -3.19. The van der Waals surface area contributed by atoms with Gasteiger partial charge in [0.25, 0.3) is 0 Å². The maximum absolute atomic E-state index is 11.0. The number of carboxylic acid groups (broad SMARTS) is 1. The van der Waals surface area contributed by atoms with Gasteiger partial charge in [0.2, 0.25) is 0 Å². The van der Waals surface area contributed by atoms with Crippen molar-refractivity contribution in [2.75, 3.05) is 12.4 Å². The van der Waals surface area contributed by atoms with Crippen molar-refractivity contribution in [1.82, 2.24) is 9.97 Å². The van der Waals surface area contributed by atoms with Crippen LogP contribution in [0.5, 0.6) is 5.75 Å². The lowest BCUT2D eigenvalue weighted by Gasteiger charge is -2.14. The quantitative estimate of drug-likeness (QED) is 0.578. The fourth-order valence-corrected chi connectivity index (χ4v) is 3.36. The van der Waals surface area contributed by atoms with E-state index in [0.717, 1.165) is 27.6 Å². The molecule has 0 radical (unpaired) electrons. The number of aromatic nitrogens is 2. The van der Waals surface area contributed by atoms with Crippen LogP contribution in [0.25, 0.3) is 10.7 Å². The number of benzene rings is 1. The second kappa shape index (κ2) is 8.01. The van der Waals surface area contributed by atoms with Crippen molar-refractivity contribution in [3.63, 3.8) is 0 Å². The Morgan fingerprint density at radius 3 is 2.67 bits per heavy atom. The van der Waals surface area contributed by atoms with E-state index in [1.54, 1.807) is 37.5 Å². The maximum Gasteiger partial charge on any atom is 0.335 e. The average Bonchev–Trinajstić information content (AvgIpc) is 3.14. The SMILES string of the molecule is C=CCc1c(C)nc(-c2cc(OC)cs2)nc1Nc1ccc(C(=O)O)cc1. The van der Waals surface area contributed by atoms with Gasteiger partial charge in [-0.05, 0) is 37.6 Å². The van der Waals surface area contributed by atoms with Crippen LogP contribution in [0.1, 0.15) is 21.6 Å². The minimum atomic E-state index is -0.958. The number of rotatable bonds is 7. The number of nitrogens with zero attached hydrogens (tertiary/aromatic N) is 2. The molecule has 0 aliphatic rings. The number of methoxy groups -OCH3 is 1. The van der Waals surface area contributed by atoms with Gasteiger partial charge in [0.05, 0.1) is 17.6 Å². The van der Waals surface area contributed by atoms with E-state index in [0.29, 0.717) is 18.1 Å². The lowest BCUT2D eigenvalue weighted by molar-refractivity contribution is 0.0697. The molecule has 3 aromatic rings. The van der Waals surface area contributed by atoms with E-state index in [9.17, 15) is 4.79 Å². The standard InChI is InChI=1S/C20H19N3O3S/c1-4-5-16-12(2)21-19(17-10-15(26-3)11-27-17)23-18(16)22-14-8-6-13(7-9-14)20(24)25/h4,6-11H,1,5H2,2-3H3,(H,24,25)(H,21,22,23). The van der Waals surface area contributed by atoms with Crippen LogP contribution in [0.2, 0.25) is 0 Å². The molecule has 0 aliphatic carbocycles. The third-order valence-electron chi connectivity index (χ3n) is 3.99. The lowest BCUT2D eigenvalue weighted by Crippen LogP contribution is -2.05. The molecule has 6 nitrogen and oxygen atoms in total. The number of carbonyl (C=O) groups is 1. The van der Waals surface area contributed by atoms with Crippen molar-refractivity contribution in [2.24, 2.45) is 0 Å². The number of aryl methyl sites for hydroxylation is 1. The van der Waals surface area contributed by atoms with Crippen molar-refractivity contribution < 1.29 is 14.6 Å².